The minimum atomic E-state index is 0.316. The van der Waals surface area contributed by atoms with E-state index >= 15 is 0 Å². The van der Waals surface area contributed by atoms with E-state index in [0.717, 1.165) is 23.0 Å². The summed E-state index contributed by atoms with van der Waals surface area (Å²) in [5.41, 5.74) is 8.00. The first-order valence-electron chi connectivity index (χ1n) is 5.08. The predicted octanol–water partition coefficient (Wildman–Crippen LogP) is 2.60. The van der Waals surface area contributed by atoms with Crippen molar-refractivity contribution in [1.82, 2.24) is 0 Å². The molecule has 2 nitrogen and oxygen atoms in total. The summed E-state index contributed by atoms with van der Waals surface area (Å²) in [6.07, 6.45) is 3.42. The predicted molar refractivity (Wildman–Crippen MR) is 63.3 cm³/mol. The Kier molecular flexibility index (Phi) is 2.81. The van der Waals surface area contributed by atoms with Gasteiger partial charge < -0.3 is 5.73 Å². The summed E-state index contributed by atoms with van der Waals surface area (Å²) >= 11 is 3.52. The van der Waals surface area contributed by atoms with Crippen molar-refractivity contribution >= 4 is 15.9 Å². The van der Waals surface area contributed by atoms with Crippen molar-refractivity contribution < 1.29 is 0 Å². The number of nitriles is 1. The fourth-order valence-corrected chi connectivity index (χ4v) is 2.20. The van der Waals surface area contributed by atoms with Crippen molar-refractivity contribution in [1.29, 1.82) is 5.26 Å². The Hall–Kier alpha value is -0.850. The Morgan fingerprint density at radius 2 is 2.20 bits per heavy atom. The van der Waals surface area contributed by atoms with Crippen LogP contribution < -0.4 is 5.73 Å². The summed E-state index contributed by atoms with van der Waals surface area (Å²) in [5, 5.41) is 8.83. The minimum Gasteiger partial charge on any atom is -0.330 e. The number of nitrogens with zero attached hydrogens (tertiary/aromatic N) is 1. The van der Waals surface area contributed by atoms with Gasteiger partial charge in [0.2, 0.25) is 0 Å². The molecular weight excluding hydrogens is 252 g/mol. The molecule has 3 heteroatoms. The highest BCUT2D eigenvalue weighted by Gasteiger charge is 2.41. The van der Waals surface area contributed by atoms with E-state index in [2.05, 4.69) is 22.0 Å². The molecule has 1 saturated carbocycles. The molecule has 0 spiro atoms. The van der Waals surface area contributed by atoms with Gasteiger partial charge in [-0.3, -0.25) is 0 Å². The quantitative estimate of drug-likeness (QED) is 0.913. The number of benzene rings is 1. The van der Waals surface area contributed by atoms with Gasteiger partial charge in [-0.1, -0.05) is 15.9 Å². The Bertz CT molecular complexity index is 416. The molecule has 1 aliphatic carbocycles. The van der Waals surface area contributed by atoms with Gasteiger partial charge in [-0.2, -0.15) is 5.26 Å². The molecule has 0 amide bonds. The zero-order chi connectivity index (χ0) is 10.9. The van der Waals surface area contributed by atoms with Crippen LogP contribution in [0.25, 0.3) is 0 Å². The molecule has 1 fully saturated rings. The summed E-state index contributed by atoms with van der Waals surface area (Å²) in [6, 6.07) is 7.90. The summed E-state index contributed by atoms with van der Waals surface area (Å²) < 4.78 is 1.08. The van der Waals surface area contributed by atoms with E-state index in [0.29, 0.717) is 5.41 Å². The molecule has 0 unspecified atom stereocenters. The van der Waals surface area contributed by atoms with E-state index in [1.807, 2.05) is 18.2 Å². The van der Waals surface area contributed by atoms with Gasteiger partial charge in [0.25, 0.3) is 0 Å². The lowest BCUT2D eigenvalue weighted by Crippen LogP contribution is -2.18. The van der Waals surface area contributed by atoms with Gasteiger partial charge in [0.05, 0.1) is 11.6 Å². The number of hydrogen-bond donors (Lipinski definition) is 1. The van der Waals surface area contributed by atoms with Crippen LogP contribution in [0.5, 0.6) is 0 Å². The fraction of sp³-hybridized carbons (Fsp3) is 0.417. The molecule has 0 aromatic heterocycles. The van der Waals surface area contributed by atoms with Crippen molar-refractivity contribution in [2.75, 3.05) is 6.54 Å². The molecule has 0 saturated heterocycles. The van der Waals surface area contributed by atoms with Crippen LogP contribution in [0.2, 0.25) is 0 Å². The highest BCUT2D eigenvalue weighted by atomic mass is 79.9. The topological polar surface area (TPSA) is 49.8 Å². The fourth-order valence-electron chi connectivity index (χ4n) is 1.81. The molecule has 1 aliphatic rings. The molecule has 1 aromatic rings. The van der Waals surface area contributed by atoms with E-state index in [1.165, 1.54) is 18.4 Å². The Labute approximate surface area is 98.2 Å². The van der Waals surface area contributed by atoms with E-state index in [-0.39, 0.29) is 0 Å². The Morgan fingerprint density at radius 1 is 1.47 bits per heavy atom. The molecule has 2 rings (SSSR count). The first-order chi connectivity index (χ1) is 7.19. The summed E-state index contributed by atoms with van der Waals surface area (Å²) in [6.45, 7) is 0.746. The molecular formula is C12H13BrN2. The molecule has 1 aromatic carbocycles. The van der Waals surface area contributed by atoms with Crippen LogP contribution in [0.3, 0.4) is 0 Å². The molecule has 78 valence electrons. The van der Waals surface area contributed by atoms with Gasteiger partial charge in [-0.25, -0.2) is 0 Å². The average Bonchev–Trinajstić information content (AvgIpc) is 3.02. The monoisotopic (exact) mass is 264 g/mol. The maximum Gasteiger partial charge on any atom is 0.0991 e. The van der Waals surface area contributed by atoms with Crippen LogP contribution in [0.15, 0.2) is 22.7 Å². The standard InChI is InChI=1S/C12H13BrN2/c13-11-2-1-9(7-14)5-10(11)6-12(8-15)3-4-12/h1-2,5H,3-4,6,8,15H2. The normalized spacial score (nSPS) is 17.1. The summed E-state index contributed by atoms with van der Waals surface area (Å²) in [5.74, 6) is 0. The van der Waals surface area contributed by atoms with Crippen LogP contribution in [0, 0.1) is 16.7 Å². The van der Waals surface area contributed by atoms with E-state index < -0.39 is 0 Å². The second-order valence-electron chi connectivity index (χ2n) is 4.30. The van der Waals surface area contributed by atoms with Crippen molar-refractivity contribution in [2.24, 2.45) is 11.1 Å². The lowest BCUT2D eigenvalue weighted by atomic mass is 9.96. The SMILES string of the molecule is N#Cc1ccc(Br)c(CC2(CN)CC2)c1. The van der Waals surface area contributed by atoms with Gasteiger partial charge in [0.15, 0.2) is 0 Å². The van der Waals surface area contributed by atoms with Crippen LogP contribution >= 0.6 is 15.9 Å². The Balaban J connectivity index is 2.24. The van der Waals surface area contributed by atoms with Gasteiger partial charge in [0, 0.05) is 4.47 Å². The lowest BCUT2D eigenvalue weighted by Gasteiger charge is -2.13. The van der Waals surface area contributed by atoms with Crippen LogP contribution in [-0.2, 0) is 6.42 Å². The van der Waals surface area contributed by atoms with E-state index in [9.17, 15) is 0 Å². The third kappa shape index (κ3) is 2.22. The number of rotatable bonds is 3. The van der Waals surface area contributed by atoms with Crippen LogP contribution in [-0.4, -0.2) is 6.54 Å². The lowest BCUT2D eigenvalue weighted by molar-refractivity contribution is 0.520. The van der Waals surface area contributed by atoms with E-state index in [1.54, 1.807) is 0 Å². The minimum absolute atomic E-state index is 0.316. The van der Waals surface area contributed by atoms with Crippen LogP contribution in [0.4, 0.5) is 0 Å². The van der Waals surface area contributed by atoms with Crippen molar-refractivity contribution in [3.05, 3.63) is 33.8 Å². The highest BCUT2D eigenvalue weighted by Crippen LogP contribution is 2.48. The third-order valence-electron chi connectivity index (χ3n) is 3.13. The molecule has 0 bridgehead atoms. The third-order valence-corrected chi connectivity index (χ3v) is 3.90. The van der Waals surface area contributed by atoms with Crippen molar-refractivity contribution in [3.8, 4) is 6.07 Å². The largest absolute Gasteiger partial charge is 0.330 e. The number of nitrogens with two attached hydrogens (primary N) is 1. The van der Waals surface area contributed by atoms with Crippen LogP contribution in [0.1, 0.15) is 24.0 Å². The number of halogens is 1. The molecule has 15 heavy (non-hydrogen) atoms. The van der Waals surface area contributed by atoms with Gasteiger partial charge in [-0.15, -0.1) is 0 Å². The molecule has 0 heterocycles. The van der Waals surface area contributed by atoms with E-state index in [4.69, 9.17) is 11.0 Å². The summed E-state index contributed by atoms with van der Waals surface area (Å²) in [4.78, 5) is 0. The molecule has 2 N–H and O–H groups in total. The van der Waals surface area contributed by atoms with Gasteiger partial charge in [0.1, 0.15) is 0 Å². The second-order valence-corrected chi connectivity index (χ2v) is 5.15. The van der Waals surface area contributed by atoms with Gasteiger partial charge >= 0.3 is 0 Å². The number of hydrogen-bond acceptors (Lipinski definition) is 2. The summed E-state index contributed by atoms with van der Waals surface area (Å²) in [7, 11) is 0. The molecule has 0 aliphatic heterocycles. The first-order valence-corrected chi connectivity index (χ1v) is 5.87. The van der Waals surface area contributed by atoms with Crippen molar-refractivity contribution in [2.45, 2.75) is 19.3 Å². The zero-order valence-corrected chi connectivity index (χ0v) is 10.0. The van der Waals surface area contributed by atoms with Crippen molar-refractivity contribution in [3.63, 3.8) is 0 Å². The maximum atomic E-state index is 8.83. The molecule has 0 radical (unpaired) electrons. The average molecular weight is 265 g/mol. The second kappa shape index (κ2) is 3.96. The smallest absolute Gasteiger partial charge is 0.0991 e. The van der Waals surface area contributed by atoms with Gasteiger partial charge in [-0.05, 0) is 55.0 Å². The Morgan fingerprint density at radius 3 is 2.73 bits per heavy atom. The highest BCUT2D eigenvalue weighted by molar-refractivity contribution is 9.10. The zero-order valence-electron chi connectivity index (χ0n) is 8.46. The first kappa shape index (κ1) is 10.7. The maximum absolute atomic E-state index is 8.83. The molecule has 0 atom stereocenters.